The Hall–Kier alpha value is -2.54. The third-order valence-electron chi connectivity index (χ3n) is 4.29. The second-order valence-corrected chi connectivity index (χ2v) is 6.76. The lowest BCUT2D eigenvalue weighted by atomic mass is 9.83. The summed E-state index contributed by atoms with van der Waals surface area (Å²) in [5.74, 6) is 0. The topological polar surface area (TPSA) is 4.41 Å². The molecule has 0 spiro atoms. The van der Waals surface area contributed by atoms with E-state index in [1.807, 2.05) is 20.8 Å². The lowest BCUT2D eigenvalue weighted by molar-refractivity contribution is 0.596. The van der Waals surface area contributed by atoms with Crippen molar-refractivity contribution >= 4 is 38.1 Å². The van der Waals surface area contributed by atoms with Crippen molar-refractivity contribution in [2.45, 2.75) is 26.2 Å². The van der Waals surface area contributed by atoms with Crippen LogP contribution in [0.25, 0.3) is 38.1 Å². The molecule has 0 saturated carbocycles. The predicted molar refractivity (Wildman–Crippen MR) is 99.8 cm³/mol. The molecule has 5 rings (SSSR count). The van der Waals surface area contributed by atoms with Crippen molar-refractivity contribution in [3.63, 3.8) is 0 Å². The third-order valence-corrected chi connectivity index (χ3v) is 4.29. The largest absolute Gasteiger partial charge is 0.308 e. The maximum absolute atomic E-state index is 8.82. The minimum atomic E-state index is -0.662. The highest BCUT2D eigenvalue weighted by Crippen LogP contribution is 2.43. The first-order valence-corrected chi connectivity index (χ1v) is 7.42. The molecule has 2 aromatic heterocycles. The van der Waals surface area contributed by atoms with Gasteiger partial charge < -0.3 is 4.40 Å². The molecular formula is C22H19N. The molecule has 3 aromatic carbocycles. The molecule has 0 saturated heterocycles. The van der Waals surface area contributed by atoms with E-state index in [1.165, 1.54) is 4.40 Å². The first-order chi connectivity index (χ1) is 15.2. The number of hydrogen-bond donors (Lipinski definition) is 0. The number of rotatable bonds is 0. The van der Waals surface area contributed by atoms with Crippen LogP contribution in [0, 0.1) is 0 Å². The Morgan fingerprint density at radius 3 is 2.04 bits per heavy atom. The summed E-state index contributed by atoms with van der Waals surface area (Å²) in [6.07, 6.45) is 0. The van der Waals surface area contributed by atoms with E-state index in [0.29, 0.717) is 16.5 Å². The zero-order valence-corrected chi connectivity index (χ0v) is 12.9. The molecule has 0 aliphatic rings. The molecule has 0 radical (unpaired) electrons. The van der Waals surface area contributed by atoms with Gasteiger partial charge in [0.25, 0.3) is 0 Å². The van der Waals surface area contributed by atoms with Crippen LogP contribution in [-0.4, -0.2) is 4.40 Å². The number of para-hydroxylation sites is 2. The van der Waals surface area contributed by atoms with Gasteiger partial charge in [-0.2, -0.15) is 0 Å². The van der Waals surface area contributed by atoms with Gasteiger partial charge >= 0.3 is 0 Å². The summed E-state index contributed by atoms with van der Waals surface area (Å²) in [5.41, 5.74) is 0.217. The summed E-state index contributed by atoms with van der Waals surface area (Å²) in [4.78, 5) is 0. The highest BCUT2D eigenvalue weighted by molar-refractivity contribution is 6.24. The van der Waals surface area contributed by atoms with E-state index < -0.39 is 29.6 Å². The molecule has 1 heteroatoms. The van der Waals surface area contributed by atoms with Crippen LogP contribution < -0.4 is 0 Å². The summed E-state index contributed by atoms with van der Waals surface area (Å²) in [6, 6.07) is -3.49. The van der Waals surface area contributed by atoms with Gasteiger partial charge in [0.15, 0.2) is 0 Å². The van der Waals surface area contributed by atoms with Crippen LogP contribution in [0.5, 0.6) is 0 Å². The molecule has 0 aliphatic heterocycles. The molecule has 0 unspecified atom stereocenters. The van der Waals surface area contributed by atoms with Crippen molar-refractivity contribution in [3.8, 4) is 0 Å². The minimum absolute atomic E-state index is 0.0417. The van der Waals surface area contributed by atoms with Crippen LogP contribution >= 0.6 is 0 Å². The van der Waals surface area contributed by atoms with Gasteiger partial charge in [0.2, 0.25) is 0 Å². The van der Waals surface area contributed by atoms with Crippen molar-refractivity contribution in [3.05, 3.63) is 66.0 Å². The summed E-state index contributed by atoms with van der Waals surface area (Å²) >= 11 is 0. The molecule has 23 heavy (non-hydrogen) atoms. The lowest BCUT2D eigenvalue weighted by Crippen LogP contribution is -2.11. The highest BCUT2D eigenvalue weighted by atomic mass is 14.9. The van der Waals surface area contributed by atoms with Crippen LogP contribution in [0.15, 0.2) is 60.4 Å². The van der Waals surface area contributed by atoms with Crippen molar-refractivity contribution in [1.82, 2.24) is 4.40 Å². The maximum Gasteiger partial charge on any atom is 0.0645 e. The summed E-state index contributed by atoms with van der Waals surface area (Å²) in [6.45, 7) is 5.57. The van der Waals surface area contributed by atoms with Gasteiger partial charge in [-0.3, -0.25) is 0 Å². The zero-order chi connectivity index (χ0) is 24.5. The number of fused-ring (bicyclic) bond motifs is 6. The van der Waals surface area contributed by atoms with Gasteiger partial charge in [0.05, 0.1) is 30.3 Å². The van der Waals surface area contributed by atoms with Crippen molar-refractivity contribution in [2.75, 3.05) is 0 Å². The number of aromatic nitrogens is 1. The molecular weight excluding hydrogens is 278 g/mol. The van der Waals surface area contributed by atoms with Gasteiger partial charge in [0.1, 0.15) is 0 Å². The number of nitrogens with zero attached hydrogens (tertiary/aromatic N) is 1. The molecule has 2 heterocycles. The van der Waals surface area contributed by atoms with E-state index in [4.69, 9.17) is 13.7 Å². The second kappa shape index (κ2) is 4.05. The average molecular weight is 307 g/mol. The molecule has 0 N–H and O–H groups in total. The Labute approximate surface area is 149 Å². The van der Waals surface area contributed by atoms with E-state index in [9.17, 15) is 0 Å². The van der Waals surface area contributed by atoms with Gasteiger partial charge in [-0.1, -0.05) is 69.1 Å². The summed E-state index contributed by atoms with van der Waals surface area (Å²) in [5, 5.41) is 0.801. The number of hydrogen-bond acceptors (Lipinski definition) is 0. The summed E-state index contributed by atoms with van der Waals surface area (Å²) < 4.78 is 86.2. The van der Waals surface area contributed by atoms with Crippen molar-refractivity contribution in [1.29, 1.82) is 0 Å². The fourth-order valence-electron chi connectivity index (χ4n) is 3.34. The zero-order valence-electron chi connectivity index (χ0n) is 22.9. The van der Waals surface area contributed by atoms with Crippen LogP contribution in [0.1, 0.15) is 40.0 Å². The van der Waals surface area contributed by atoms with Crippen molar-refractivity contribution < 1.29 is 13.7 Å². The monoisotopic (exact) mass is 307 g/mol. The molecule has 0 fully saturated rings. The first-order valence-electron chi connectivity index (χ1n) is 12.4. The standard InChI is InChI=1S/C22H19N/c1-22(2,3)17-13-12-15-14-8-4-6-10-18(14)23-19-11-7-5-9-16(19)20(17)21(15)23/h4-13H,1-3H3/i4D,5D,6D,7D,8D,9D,10D,11D,12D,13D. The number of benzene rings is 3. The first kappa shape index (κ1) is 6.52. The molecule has 112 valence electrons. The van der Waals surface area contributed by atoms with Crippen LogP contribution in [0.4, 0.5) is 0 Å². The normalized spacial score (nSPS) is 19.1. The molecule has 0 atom stereocenters. The van der Waals surface area contributed by atoms with E-state index >= 15 is 0 Å². The van der Waals surface area contributed by atoms with Gasteiger partial charge in [-0.25, -0.2) is 0 Å². The van der Waals surface area contributed by atoms with Gasteiger partial charge in [0, 0.05) is 21.5 Å². The Kier molecular flexibility index (Phi) is 1.15. The van der Waals surface area contributed by atoms with Crippen LogP contribution in [-0.2, 0) is 5.41 Å². The molecule has 0 amide bonds. The highest BCUT2D eigenvalue weighted by Gasteiger charge is 2.24. The Bertz CT molecular complexity index is 1690. The third kappa shape index (κ3) is 1.52. The average Bonchev–Trinajstić information content (AvgIpc) is 3.25. The van der Waals surface area contributed by atoms with E-state index in [2.05, 4.69) is 0 Å². The summed E-state index contributed by atoms with van der Waals surface area (Å²) in [7, 11) is 0. The van der Waals surface area contributed by atoms with E-state index in [-0.39, 0.29) is 63.4 Å². The Morgan fingerprint density at radius 2 is 1.35 bits per heavy atom. The molecule has 5 aromatic rings. The SMILES string of the molecule is [2H]c1c([2H])c([2H])c2c(c1[2H])c1c([2H])c([2H])c(C(C)(C)C)c3c4c([2H])c([2H])c([2H])c([2H])c4n2c13. The molecule has 0 aliphatic carbocycles. The van der Waals surface area contributed by atoms with Gasteiger partial charge in [-0.15, -0.1) is 0 Å². The quantitative estimate of drug-likeness (QED) is 0.324. The second-order valence-electron chi connectivity index (χ2n) is 6.76. The minimum Gasteiger partial charge on any atom is -0.308 e. The van der Waals surface area contributed by atoms with E-state index in [0.717, 1.165) is 0 Å². The van der Waals surface area contributed by atoms with Crippen LogP contribution in [0.2, 0.25) is 0 Å². The lowest BCUT2D eigenvalue weighted by Gasteiger charge is -2.20. The maximum atomic E-state index is 8.82. The fraction of sp³-hybridized carbons (Fsp3) is 0.182. The van der Waals surface area contributed by atoms with Crippen LogP contribution in [0.3, 0.4) is 0 Å². The smallest absolute Gasteiger partial charge is 0.0645 e. The Morgan fingerprint density at radius 1 is 0.739 bits per heavy atom. The molecule has 0 bridgehead atoms. The van der Waals surface area contributed by atoms with Crippen molar-refractivity contribution in [2.24, 2.45) is 0 Å². The van der Waals surface area contributed by atoms with E-state index in [1.54, 1.807) is 0 Å². The predicted octanol–water partition coefficient (Wildman–Crippen LogP) is 6.13. The Balaban J connectivity index is 2.38. The fourth-order valence-corrected chi connectivity index (χ4v) is 3.34. The molecule has 1 nitrogen and oxygen atoms in total. The van der Waals surface area contributed by atoms with Gasteiger partial charge in [-0.05, 0) is 23.1 Å².